The summed E-state index contributed by atoms with van der Waals surface area (Å²) in [7, 11) is 0. The van der Waals surface area contributed by atoms with Gasteiger partial charge in [-0.3, -0.25) is 10.1 Å². The van der Waals surface area contributed by atoms with Gasteiger partial charge in [0.25, 0.3) is 5.69 Å². The summed E-state index contributed by atoms with van der Waals surface area (Å²) in [6.45, 7) is 2.01. The molecular formula is C16H17FN2O2. The van der Waals surface area contributed by atoms with E-state index in [-0.39, 0.29) is 11.7 Å². The van der Waals surface area contributed by atoms with E-state index in [2.05, 4.69) is 0 Å². The van der Waals surface area contributed by atoms with Crippen molar-refractivity contribution in [3.05, 3.63) is 75.1 Å². The highest BCUT2D eigenvalue weighted by molar-refractivity contribution is 5.35. The third-order valence-electron chi connectivity index (χ3n) is 3.27. The summed E-state index contributed by atoms with van der Waals surface area (Å²) >= 11 is 0. The van der Waals surface area contributed by atoms with E-state index >= 15 is 0 Å². The average Bonchev–Trinajstić information content (AvgIpc) is 2.40. The molecule has 0 radical (unpaired) electrons. The van der Waals surface area contributed by atoms with Crippen molar-refractivity contribution in [2.24, 2.45) is 5.73 Å². The molecular weight excluding hydrogens is 271 g/mol. The molecule has 0 amide bonds. The second-order valence-electron chi connectivity index (χ2n) is 5.23. The van der Waals surface area contributed by atoms with E-state index in [0.717, 1.165) is 11.6 Å². The van der Waals surface area contributed by atoms with Crippen LogP contribution in [0.1, 0.15) is 16.7 Å². The van der Waals surface area contributed by atoms with Gasteiger partial charge in [-0.2, -0.15) is 0 Å². The zero-order chi connectivity index (χ0) is 15.4. The van der Waals surface area contributed by atoms with Gasteiger partial charge in [-0.15, -0.1) is 0 Å². The van der Waals surface area contributed by atoms with Crippen molar-refractivity contribution in [1.29, 1.82) is 0 Å². The van der Waals surface area contributed by atoms with Crippen LogP contribution in [0.25, 0.3) is 0 Å². The predicted octanol–water partition coefficient (Wildman–Crippen LogP) is 3.15. The monoisotopic (exact) mass is 288 g/mol. The van der Waals surface area contributed by atoms with Gasteiger partial charge in [0.2, 0.25) is 0 Å². The number of nitro benzene ring substituents is 1. The minimum absolute atomic E-state index is 0.214. The number of halogens is 1. The van der Waals surface area contributed by atoms with Crippen LogP contribution in [0.3, 0.4) is 0 Å². The van der Waals surface area contributed by atoms with Crippen molar-refractivity contribution in [1.82, 2.24) is 0 Å². The molecule has 0 fully saturated rings. The smallest absolute Gasteiger partial charge is 0.272 e. The molecule has 0 saturated heterocycles. The molecule has 0 aliphatic heterocycles. The van der Waals surface area contributed by atoms with Crippen molar-refractivity contribution in [3.63, 3.8) is 0 Å². The summed E-state index contributed by atoms with van der Waals surface area (Å²) in [5.41, 5.74) is 8.63. The van der Waals surface area contributed by atoms with Gasteiger partial charge in [0.15, 0.2) is 0 Å². The van der Waals surface area contributed by atoms with Crippen molar-refractivity contribution < 1.29 is 9.31 Å². The number of benzene rings is 2. The second kappa shape index (κ2) is 6.45. The number of nitrogens with zero attached hydrogens (tertiary/aromatic N) is 1. The molecule has 0 spiro atoms. The lowest BCUT2D eigenvalue weighted by atomic mass is 9.99. The van der Waals surface area contributed by atoms with E-state index in [4.69, 9.17) is 5.73 Å². The van der Waals surface area contributed by atoms with Gasteiger partial charge < -0.3 is 5.73 Å². The van der Waals surface area contributed by atoms with Crippen molar-refractivity contribution in [2.75, 3.05) is 0 Å². The standard InChI is InChI=1S/C16H17FN2O2/c1-11-2-4-12(5-3-11)7-15(18)8-13-6-14(17)10-16(9-13)19(20)21/h2-6,9-10,15H,7-8,18H2,1H3. The van der Waals surface area contributed by atoms with Gasteiger partial charge >= 0.3 is 0 Å². The van der Waals surface area contributed by atoms with Gasteiger partial charge in [-0.05, 0) is 37.0 Å². The molecule has 0 bridgehead atoms. The third kappa shape index (κ3) is 4.36. The molecule has 2 aromatic carbocycles. The fourth-order valence-electron chi connectivity index (χ4n) is 2.26. The highest BCUT2D eigenvalue weighted by Gasteiger charge is 2.12. The van der Waals surface area contributed by atoms with Crippen LogP contribution in [0.4, 0.5) is 10.1 Å². The summed E-state index contributed by atoms with van der Waals surface area (Å²) in [6, 6.07) is 11.4. The topological polar surface area (TPSA) is 69.2 Å². The Kier molecular flexibility index (Phi) is 4.65. The second-order valence-corrected chi connectivity index (χ2v) is 5.23. The number of hydrogen-bond acceptors (Lipinski definition) is 3. The molecule has 0 heterocycles. The molecule has 0 aliphatic rings. The van der Waals surface area contributed by atoms with Crippen LogP contribution < -0.4 is 5.73 Å². The van der Waals surface area contributed by atoms with Gasteiger partial charge in [-0.1, -0.05) is 29.8 Å². The van der Waals surface area contributed by atoms with Crippen LogP contribution >= 0.6 is 0 Å². The Bertz CT molecular complexity index is 641. The molecule has 0 aliphatic carbocycles. The van der Waals surface area contributed by atoms with Gasteiger partial charge in [0.1, 0.15) is 5.82 Å². The highest BCUT2D eigenvalue weighted by atomic mass is 19.1. The van der Waals surface area contributed by atoms with Crippen molar-refractivity contribution in [2.45, 2.75) is 25.8 Å². The van der Waals surface area contributed by atoms with Gasteiger partial charge in [0, 0.05) is 12.1 Å². The number of aryl methyl sites for hydroxylation is 1. The van der Waals surface area contributed by atoms with Gasteiger partial charge in [0.05, 0.1) is 11.0 Å². The van der Waals surface area contributed by atoms with E-state index in [9.17, 15) is 14.5 Å². The van der Waals surface area contributed by atoms with Crippen LogP contribution in [0.2, 0.25) is 0 Å². The molecule has 0 aromatic heterocycles. The molecule has 0 saturated carbocycles. The SMILES string of the molecule is Cc1ccc(CC(N)Cc2cc(F)cc([N+](=O)[O-])c2)cc1. The van der Waals surface area contributed by atoms with Crippen LogP contribution in [0.15, 0.2) is 42.5 Å². The minimum atomic E-state index is -0.610. The molecule has 2 rings (SSSR count). The first-order valence-electron chi connectivity index (χ1n) is 6.69. The first-order valence-corrected chi connectivity index (χ1v) is 6.69. The van der Waals surface area contributed by atoms with Crippen LogP contribution in [0.5, 0.6) is 0 Å². The summed E-state index contributed by atoms with van der Waals surface area (Å²) in [4.78, 5) is 10.1. The van der Waals surface area contributed by atoms with Crippen molar-refractivity contribution >= 4 is 5.69 Å². The first-order chi connectivity index (χ1) is 9.94. The van der Waals surface area contributed by atoms with E-state index in [1.165, 1.54) is 17.7 Å². The molecule has 2 N–H and O–H groups in total. The molecule has 1 unspecified atom stereocenters. The maximum absolute atomic E-state index is 13.4. The number of nitrogens with two attached hydrogens (primary N) is 1. The van der Waals surface area contributed by atoms with E-state index in [0.29, 0.717) is 18.4 Å². The third-order valence-corrected chi connectivity index (χ3v) is 3.27. The highest BCUT2D eigenvalue weighted by Crippen LogP contribution is 2.18. The summed E-state index contributed by atoms with van der Waals surface area (Å²) in [6.07, 6.45) is 1.04. The fraction of sp³-hybridized carbons (Fsp3) is 0.250. The fourth-order valence-corrected chi connectivity index (χ4v) is 2.26. The van der Waals surface area contributed by atoms with Crippen LogP contribution in [-0.2, 0) is 12.8 Å². The normalized spacial score (nSPS) is 12.1. The zero-order valence-corrected chi connectivity index (χ0v) is 11.8. The Morgan fingerprint density at radius 1 is 1.14 bits per heavy atom. The Hall–Kier alpha value is -2.27. The lowest BCUT2D eigenvalue weighted by molar-refractivity contribution is -0.385. The van der Waals surface area contributed by atoms with Crippen molar-refractivity contribution in [3.8, 4) is 0 Å². The Morgan fingerprint density at radius 2 is 1.76 bits per heavy atom. The summed E-state index contributed by atoms with van der Waals surface area (Å²) in [5.74, 6) is -0.610. The predicted molar refractivity (Wildman–Crippen MR) is 79.6 cm³/mol. The number of nitro groups is 1. The molecule has 21 heavy (non-hydrogen) atoms. The number of rotatable bonds is 5. The van der Waals surface area contributed by atoms with Gasteiger partial charge in [-0.25, -0.2) is 4.39 Å². The molecule has 110 valence electrons. The molecule has 4 nitrogen and oxygen atoms in total. The summed E-state index contributed by atoms with van der Waals surface area (Å²) < 4.78 is 13.4. The van der Waals surface area contributed by atoms with Crippen LogP contribution in [0, 0.1) is 22.9 Å². The first kappa shape index (κ1) is 15.1. The minimum Gasteiger partial charge on any atom is -0.327 e. The quantitative estimate of drug-likeness (QED) is 0.678. The van der Waals surface area contributed by atoms with E-state index in [1.807, 2.05) is 31.2 Å². The maximum atomic E-state index is 13.4. The Morgan fingerprint density at radius 3 is 2.38 bits per heavy atom. The number of hydrogen-bond donors (Lipinski definition) is 1. The largest absolute Gasteiger partial charge is 0.327 e. The summed E-state index contributed by atoms with van der Waals surface area (Å²) in [5, 5.41) is 10.7. The molecule has 2 aromatic rings. The lowest BCUT2D eigenvalue weighted by Crippen LogP contribution is -2.25. The lowest BCUT2D eigenvalue weighted by Gasteiger charge is -2.12. The molecule has 5 heteroatoms. The Labute approximate surface area is 122 Å². The van der Waals surface area contributed by atoms with E-state index < -0.39 is 10.7 Å². The Balaban J connectivity index is 2.07. The van der Waals surface area contributed by atoms with Crippen LogP contribution in [-0.4, -0.2) is 11.0 Å². The average molecular weight is 288 g/mol. The zero-order valence-electron chi connectivity index (χ0n) is 11.8. The molecule has 1 atom stereocenters. The van der Waals surface area contributed by atoms with E-state index in [1.54, 1.807) is 0 Å². The maximum Gasteiger partial charge on any atom is 0.272 e. The number of non-ortho nitro benzene ring substituents is 1.